The number of sulfonamides is 1. The van der Waals surface area contributed by atoms with Gasteiger partial charge in [-0.15, -0.1) is 0 Å². The molecule has 0 saturated carbocycles. The first kappa shape index (κ1) is 16.2. The number of pyridine rings is 1. The zero-order valence-corrected chi connectivity index (χ0v) is 14.5. The van der Waals surface area contributed by atoms with Crippen LogP contribution in [0.3, 0.4) is 0 Å². The maximum absolute atomic E-state index is 12.8. The van der Waals surface area contributed by atoms with E-state index in [0.717, 1.165) is 5.56 Å². The summed E-state index contributed by atoms with van der Waals surface area (Å²) in [6.45, 7) is 2.22. The van der Waals surface area contributed by atoms with Crippen molar-refractivity contribution in [3.63, 3.8) is 0 Å². The summed E-state index contributed by atoms with van der Waals surface area (Å²) >= 11 is 0. The molecule has 1 N–H and O–H groups in total. The molecule has 9 nitrogen and oxygen atoms in total. The number of rotatable bonds is 4. The molecule has 4 rings (SSSR count). The molecule has 0 aliphatic carbocycles. The molecule has 0 aromatic carbocycles. The van der Waals surface area contributed by atoms with Crippen molar-refractivity contribution in [1.29, 1.82) is 0 Å². The average molecular weight is 363 g/mol. The number of nitrogens with zero attached hydrogens (tertiary/aromatic N) is 4. The summed E-state index contributed by atoms with van der Waals surface area (Å²) in [4.78, 5) is 4.10. The number of aromatic nitrogens is 4. The van der Waals surface area contributed by atoms with Crippen LogP contribution in [0.2, 0.25) is 0 Å². The van der Waals surface area contributed by atoms with Crippen LogP contribution in [0.25, 0.3) is 11.1 Å². The Morgan fingerprint density at radius 3 is 2.96 bits per heavy atom. The third kappa shape index (κ3) is 2.92. The van der Waals surface area contributed by atoms with E-state index in [0.29, 0.717) is 29.8 Å². The van der Waals surface area contributed by atoms with Gasteiger partial charge in [0, 0.05) is 25.4 Å². The second-order valence-corrected chi connectivity index (χ2v) is 7.76. The Morgan fingerprint density at radius 1 is 1.36 bits per heavy atom. The highest BCUT2D eigenvalue weighted by atomic mass is 32.2. The van der Waals surface area contributed by atoms with Crippen molar-refractivity contribution < 1.29 is 17.7 Å². The molecule has 0 unspecified atom stereocenters. The number of hydrogen-bond acceptors (Lipinski definition) is 7. The van der Waals surface area contributed by atoms with E-state index in [1.165, 1.54) is 12.3 Å². The average Bonchev–Trinajstić information content (AvgIpc) is 3.28. The minimum Gasteiger partial charge on any atom is -0.372 e. The third-order valence-electron chi connectivity index (χ3n) is 4.25. The van der Waals surface area contributed by atoms with E-state index in [9.17, 15) is 8.42 Å². The van der Waals surface area contributed by atoms with E-state index >= 15 is 0 Å². The summed E-state index contributed by atoms with van der Waals surface area (Å²) in [6.07, 6.45) is 5.00. The predicted molar refractivity (Wildman–Crippen MR) is 87.2 cm³/mol. The van der Waals surface area contributed by atoms with Crippen molar-refractivity contribution >= 4 is 21.1 Å². The Hall–Kier alpha value is -2.30. The lowest BCUT2D eigenvalue weighted by Gasteiger charge is -2.18. The first-order valence-corrected chi connectivity index (χ1v) is 9.27. The lowest BCUT2D eigenvalue weighted by molar-refractivity contribution is 0.102. The maximum atomic E-state index is 12.8. The fourth-order valence-electron chi connectivity index (χ4n) is 2.97. The molecule has 0 spiro atoms. The highest BCUT2D eigenvalue weighted by Gasteiger charge is 2.34. The molecule has 2 atom stereocenters. The fraction of sp³-hybridized carbons (Fsp3) is 0.400. The van der Waals surface area contributed by atoms with Gasteiger partial charge in [-0.1, -0.05) is 5.16 Å². The second kappa shape index (κ2) is 5.90. The van der Waals surface area contributed by atoms with Crippen molar-refractivity contribution in [2.24, 2.45) is 7.05 Å². The van der Waals surface area contributed by atoms with Crippen LogP contribution in [0.5, 0.6) is 0 Å². The molecule has 3 aromatic rings. The molecule has 132 valence electrons. The van der Waals surface area contributed by atoms with E-state index in [1.54, 1.807) is 24.9 Å². The van der Waals surface area contributed by atoms with Gasteiger partial charge in [0.15, 0.2) is 0 Å². The second-order valence-electron chi connectivity index (χ2n) is 6.05. The van der Waals surface area contributed by atoms with Gasteiger partial charge in [-0.25, -0.2) is 18.1 Å². The Bertz CT molecular complexity index is 1030. The van der Waals surface area contributed by atoms with E-state index in [1.807, 2.05) is 6.20 Å². The summed E-state index contributed by atoms with van der Waals surface area (Å²) in [5.41, 5.74) is 1.75. The number of nitrogens with one attached hydrogen (secondary N) is 1. The van der Waals surface area contributed by atoms with Crippen molar-refractivity contribution in [2.45, 2.75) is 30.4 Å². The van der Waals surface area contributed by atoms with Gasteiger partial charge >= 0.3 is 0 Å². The largest absolute Gasteiger partial charge is 0.372 e. The summed E-state index contributed by atoms with van der Waals surface area (Å²) in [7, 11) is -1.95. The van der Waals surface area contributed by atoms with Crippen LogP contribution in [-0.4, -0.2) is 41.0 Å². The molecule has 4 heterocycles. The molecule has 1 aliphatic heterocycles. The molecule has 0 amide bonds. The number of ether oxygens (including phenoxy) is 1. The SMILES string of the molecule is Cc1noc2ncc(S(=O)(=O)N[C@H]3CCO[C@@H]3c3cnn(C)c3)cc12. The van der Waals surface area contributed by atoms with Gasteiger partial charge in [0.2, 0.25) is 10.0 Å². The molecule has 3 aromatic heterocycles. The molecule has 1 fully saturated rings. The van der Waals surface area contributed by atoms with E-state index in [2.05, 4.69) is 20.0 Å². The number of fused-ring (bicyclic) bond motifs is 1. The van der Waals surface area contributed by atoms with Crippen LogP contribution in [-0.2, 0) is 21.8 Å². The maximum Gasteiger partial charge on any atom is 0.257 e. The standard InChI is InChI=1S/C15H17N5O4S/c1-9-12-5-11(7-16-15(12)24-18-9)25(21,22)19-13-3-4-23-14(13)10-6-17-20(2)8-10/h5-8,13-14,19H,3-4H2,1-2H3/t13-,14+/m0/s1. The van der Waals surface area contributed by atoms with Gasteiger partial charge in [-0.05, 0) is 19.4 Å². The van der Waals surface area contributed by atoms with Crippen molar-refractivity contribution in [3.05, 3.63) is 35.9 Å². The molecule has 10 heteroatoms. The van der Waals surface area contributed by atoms with Crippen LogP contribution >= 0.6 is 0 Å². The molecule has 0 radical (unpaired) electrons. The van der Waals surface area contributed by atoms with E-state index < -0.39 is 10.0 Å². The summed E-state index contributed by atoms with van der Waals surface area (Å²) < 4.78 is 40.6. The van der Waals surface area contributed by atoms with Gasteiger partial charge in [0.25, 0.3) is 5.71 Å². The molecule has 1 aliphatic rings. The fourth-order valence-corrected chi connectivity index (χ4v) is 4.21. The zero-order chi connectivity index (χ0) is 17.6. The zero-order valence-electron chi connectivity index (χ0n) is 13.7. The molecular formula is C15H17N5O4S. The minimum atomic E-state index is -3.75. The van der Waals surface area contributed by atoms with Crippen molar-refractivity contribution in [1.82, 2.24) is 24.6 Å². The summed E-state index contributed by atoms with van der Waals surface area (Å²) in [6, 6.07) is 1.15. The van der Waals surface area contributed by atoms with Crippen LogP contribution in [0.15, 0.2) is 34.1 Å². The number of hydrogen-bond donors (Lipinski definition) is 1. The molecule has 1 saturated heterocycles. The van der Waals surface area contributed by atoms with Crippen molar-refractivity contribution in [3.8, 4) is 0 Å². The van der Waals surface area contributed by atoms with Gasteiger partial charge in [0.05, 0.1) is 29.5 Å². The highest BCUT2D eigenvalue weighted by Crippen LogP contribution is 2.30. The van der Waals surface area contributed by atoms with Gasteiger partial charge < -0.3 is 9.26 Å². The van der Waals surface area contributed by atoms with Gasteiger partial charge in [-0.2, -0.15) is 5.10 Å². The lowest BCUT2D eigenvalue weighted by Crippen LogP contribution is -2.36. The van der Waals surface area contributed by atoms with Crippen LogP contribution in [0, 0.1) is 6.92 Å². The quantitative estimate of drug-likeness (QED) is 0.738. The number of aryl methyl sites for hydroxylation is 2. The predicted octanol–water partition coefficient (Wildman–Crippen LogP) is 1.07. The van der Waals surface area contributed by atoms with Crippen LogP contribution < -0.4 is 4.72 Å². The van der Waals surface area contributed by atoms with E-state index in [-0.39, 0.29) is 17.0 Å². The van der Waals surface area contributed by atoms with Crippen LogP contribution in [0.4, 0.5) is 0 Å². The highest BCUT2D eigenvalue weighted by molar-refractivity contribution is 7.89. The third-order valence-corrected chi connectivity index (χ3v) is 5.70. The molecule has 0 bridgehead atoms. The Balaban J connectivity index is 1.62. The first-order valence-electron chi connectivity index (χ1n) is 7.78. The summed E-state index contributed by atoms with van der Waals surface area (Å²) in [5, 5.41) is 8.49. The summed E-state index contributed by atoms with van der Waals surface area (Å²) in [5.74, 6) is 0. The minimum absolute atomic E-state index is 0.0723. The van der Waals surface area contributed by atoms with Gasteiger partial charge in [0.1, 0.15) is 11.0 Å². The van der Waals surface area contributed by atoms with Gasteiger partial charge in [-0.3, -0.25) is 4.68 Å². The Morgan fingerprint density at radius 2 is 2.20 bits per heavy atom. The van der Waals surface area contributed by atoms with Crippen molar-refractivity contribution in [2.75, 3.05) is 6.61 Å². The molecular weight excluding hydrogens is 346 g/mol. The Labute approximate surface area is 144 Å². The Kier molecular flexibility index (Phi) is 3.82. The first-order chi connectivity index (χ1) is 11.9. The normalized spacial score (nSPS) is 21.2. The smallest absolute Gasteiger partial charge is 0.257 e. The molecule has 25 heavy (non-hydrogen) atoms. The van der Waals surface area contributed by atoms with E-state index in [4.69, 9.17) is 9.26 Å². The monoisotopic (exact) mass is 363 g/mol. The topological polar surface area (TPSA) is 112 Å². The lowest BCUT2D eigenvalue weighted by atomic mass is 10.1. The van der Waals surface area contributed by atoms with Crippen LogP contribution in [0.1, 0.15) is 23.8 Å².